The number of hydrogen-bond donors (Lipinski definition) is 2. The third kappa shape index (κ3) is 3.66. The van der Waals surface area contributed by atoms with Crippen LogP contribution in [0.25, 0.3) is 0 Å². The fraction of sp³-hybridized carbons (Fsp3) is 0.231. The van der Waals surface area contributed by atoms with Crippen LogP contribution in [0, 0.1) is 13.8 Å². The van der Waals surface area contributed by atoms with Gasteiger partial charge in [-0.05, 0) is 31.5 Å². The Morgan fingerprint density at radius 1 is 1.38 bits per heavy atom. The number of sulfonamides is 1. The molecule has 8 heteroatoms. The number of nitrogens with one attached hydrogen (secondary N) is 1. The van der Waals surface area contributed by atoms with Crippen LogP contribution >= 0.6 is 11.3 Å². The van der Waals surface area contributed by atoms with Gasteiger partial charge in [0.05, 0.1) is 15.5 Å². The number of benzene rings is 1. The molecule has 0 aliphatic carbocycles. The molecule has 0 radical (unpaired) electrons. The number of carboxylic acids is 1. The summed E-state index contributed by atoms with van der Waals surface area (Å²) < 4.78 is 26.8. The minimum Gasteiger partial charge on any atom is -0.478 e. The van der Waals surface area contributed by atoms with Crippen molar-refractivity contribution in [3.05, 3.63) is 45.4 Å². The van der Waals surface area contributed by atoms with Crippen LogP contribution in [0.15, 0.2) is 29.3 Å². The summed E-state index contributed by atoms with van der Waals surface area (Å²) >= 11 is 1.40. The quantitative estimate of drug-likeness (QED) is 0.875. The molecule has 0 atom stereocenters. The molecule has 21 heavy (non-hydrogen) atoms. The largest absolute Gasteiger partial charge is 0.478 e. The van der Waals surface area contributed by atoms with Crippen LogP contribution < -0.4 is 4.72 Å². The molecule has 0 amide bonds. The van der Waals surface area contributed by atoms with E-state index in [0.717, 1.165) is 16.0 Å². The van der Waals surface area contributed by atoms with Gasteiger partial charge >= 0.3 is 5.97 Å². The predicted molar refractivity (Wildman–Crippen MR) is 79.0 cm³/mol. The first-order valence-electron chi connectivity index (χ1n) is 6.04. The second kappa shape index (κ2) is 5.92. The minimum atomic E-state index is -3.76. The van der Waals surface area contributed by atoms with Gasteiger partial charge in [0.1, 0.15) is 0 Å². The van der Waals surface area contributed by atoms with Crippen molar-refractivity contribution in [2.24, 2.45) is 0 Å². The maximum Gasteiger partial charge on any atom is 0.335 e. The molecule has 0 saturated carbocycles. The van der Waals surface area contributed by atoms with Crippen LogP contribution in [0.5, 0.6) is 0 Å². The zero-order valence-corrected chi connectivity index (χ0v) is 13.1. The summed E-state index contributed by atoms with van der Waals surface area (Å²) in [5.74, 6) is -1.15. The average Bonchev–Trinajstić information content (AvgIpc) is 2.82. The molecule has 0 aliphatic rings. The fourth-order valence-electron chi connectivity index (χ4n) is 1.74. The lowest BCUT2D eigenvalue weighted by molar-refractivity contribution is 0.0696. The van der Waals surface area contributed by atoms with Gasteiger partial charge in [0.2, 0.25) is 10.0 Å². The Bertz CT molecular complexity index is 781. The van der Waals surface area contributed by atoms with Gasteiger partial charge in [0, 0.05) is 17.6 Å². The number of aromatic carboxylic acids is 1. The minimum absolute atomic E-state index is 0.0218. The Kier molecular flexibility index (Phi) is 4.40. The molecule has 2 aromatic rings. The summed E-state index contributed by atoms with van der Waals surface area (Å²) in [7, 11) is -3.76. The molecule has 0 unspecified atom stereocenters. The van der Waals surface area contributed by atoms with E-state index in [1.54, 1.807) is 13.1 Å². The Labute approximate surface area is 126 Å². The van der Waals surface area contributed by atoms with Crippen LogP contribution in [-0.2, 0) is 16.6 Å². The van der Waals surface area contributed by atoms with E-state index in [1.807, 2.05) is 6.92 Å². The van der Waals surface area contributed by atoms with Crippen molar-refractivity contribution in [2.45, 2.75) is 25.3 Å². The molecule has 6 nitrogen and oxygen atoms in total. The molecule has 0 bridgehead atoms. The molecule has 0 fully saturated rings. The normalized spacial score (nSPS) is 11.5. The number of aryl methyl sites for hydroxylation is 2. The van der Waals surface area contributed by atoms with E-state index >= 15 is 0 Å². The molecule has 1 aromatic heterocycles. The van der Waals surface area contributed by atoms with Crippen molar-refractivity contribution in [3.8, 4) is 0 Å². The lowest BCUT2D eigenvalue weighted by Gasteiger charge is -2.08. The van der Waals surface area contributed by atoms with Gasteiger partial charge in [-0.25, -0.2) is 22.9 Å². The van der Waals surface area contributed by atoms with E-state index in [4.69, 9.17) is 5.11 Å². The zero-order chi connectivity index (χ0) is 15.6. The molecule has 2 N–H and O–H groups in total. The first kappa shape index (κ1) is 15.6. The van der Waals surface area contributed by atoms with E-state index in [2.05, 4.69) is 9.71 Å². The van der Waals surface area contributed by atoms with E-state index < -0.39 is 16.0 Å². The summed E-state index contributed by atoms with van der Waals surface area (Å²) in [4.78, 5) is 15.8. The number of aromatic nitrogens is 1. The molecule has 0 saturated heterocycles. The smallest absolute Gasteiger partial charge is 0.335 e. The van der Waals surface area contributed by atoms with Gasteiger partial charge < -0.3 is 5.11 Å². The van der Waals surface area contributed by atoms with Crippen LogP contribution in [0.3, 0.4) is 0 Å². The third-order valence-electron chi connectivity index (χ3n) is 2.86. The topological polar surface area (TPSA) is 96.4 Å². The van der Waals surface area contributed by atoms with Gasteiger partial charge in [0.25, 0.3) is 0 Å². The number of hydrogen-bond acceptors (Lipinski definition) is 5. The highest BCUT2D eigenvalue weighted by Gasteiger charge is 2.17. The molecule has 0 aliphatic heterocycles. The van der Waals surface area contributed by atoms with Crippen LogP contribution in [0.1, 0.15) is 25.8 Å². The highest BCUT2D eigenvalue weighted by molar-refractivity contribution is 7.89. The number of carbonyl (C=O) groups is 1. The van der Waals surface area contributed by atoms with Gasteiger partial charge in [0.15, 0.2) is 0 Å². The summed E-state index contributed by atoms with van der Waals surface area (Å²) in [6.07, 6.45) is 1.61. The SMILES string of the molecule is Cc1ncc(CNS(=O)(=O)c2ccc(C)c(C(=O)O)c2)s1. The first-order chi connectivity index (χ1) is 9.79. The van der Waals surface area contributed by atoms with Crippen molar-refractivity contribution in [1.29, 1.82) is 0 Å². The third-order valence-corrected chi connectivity index (χ3v) is 5.17. The fourth-order valence-corrected chi connectivity index (χ4v) is 3.59. The highest BCUT2D eigenvalue weighted by Crippen LogP contribution is 2.17. The molecule has 1 heterocycles. The zero-order valence-electron chi connectivity index (χ0n) is 11.5. The number of nitrogens with zero attached hydrogens (tertiary/aromatic N) is 1. The molecular weight excluding hydrogens is 312 g/mol. The Morgan fingerprint density at radius 3 is 2.67 bits per heavy atom. The van der Waals surface area contributed by atoms with E-state index in [0.29, 0.717) is 5.56 Å². The van der Waals surface area contributed by atoms with Crippen molar-refractivity contribution >= 4 is 27.3 Å². The average molecular weight is 326 g/mol. The summed E-state index contributed by atoms with van der Waals surface area (Å²) in [6, 6.07) is 4.04. The van der Waals surface area contributed by atoms with Crippen LogP contribution in [0.4, 0.5) is 0 Å². The van der Waals surface area contributed by atoms with Crippen molar-refractivity contribution in [1.82, 2.24) is 9.71 Å². The monoisotopic (exact) mass is 326 g/mol. The second-order valence-corrected chi connectivity index (χ2v) is 7.54. The lowest BCUT2D eigenvalue weighted by atomic mass is 10.1. The Balaban J connectivity index is 2.23. The summed E-state index contributed by atoms with van der Waals surface area (Å²) in [5, 5.41) is 9.90. The molecule has 1 aromatic carbocycles. The van der Waals surface area contributed by atoms with E-state index in [-0.39, 0.29) is 17.0 Å². The van der Waals surface area contributed by atoms with Gasteiger partial charge in [-0.2, -0.15) is 0 Å². The molecule has 0 spiro atoms. The Hall–Kier alpha value is -1.77. The summed E-state index contributed by atoms with van der Waals surface area (Å²) in [5.41, 5.74) is 0.492. The van der Waals surface area contributed by atoms with E-state index in [9.17, 15) is 13.2 Å². The van der Waals surface area contributed by atoms with Gasteiger partial charge in [-0.1, -0.05) is 6.07 Å². The highest BCUT2D eigenvalue weighted by atomic mass is 32.2. The predicted octanol–water partition coefficient (Wildman–Crippen LogP) is 1.94. The Morgan fingerprint density at radius 2 is 2.10 bits per heavy atom. The number of thiazole rings is 1. The van der Waals surface area contributed by atoms with E-state index in [1.165, 1.54) is 23.5 Å². The maximum absolute atomic E-state index is 12.2. The van der Waals surface area contributed by atoms with Crippen molar-refractivity contribution in [3.63, 3.8) is 0 Å². The lowest BCUT2D eigenvalue weighted by Crippen LogP contribution is -2.23. The maximum atomic E-state index is 12.2. The first-order valence-corrected chi connectivity index (χ1v) is 8.34. The molecule has 2 rings (SSSR count). The molecule has 112 valence electrons. The molecular formula is C13H14N2O4S2. The van der Waals surface area contributed by atoms with Gasteiger partial charge in [-0.15, -0.1) is 11.3 Å². The van der Waals surface area contributed by atoms with Crippen LogP contribution in [0.2, 0.25) is 0 Å². The summed E-state index contributed by atoms with van der Waals surface area (Å²) in [6.45, 7) is 3.58. The second-order valence-electron chi connectivity index (χ2n) is 4.45. The number of rotatable bonds is 5. The van der Waals surface area contributed by atoms with Crippen LogP contribution in [-0.4, -0.2) is 24.5 Å². The van der Waals surface area contributed by atoms with Crippen molar-refractivity contribution in [2.75, 3.05) is 0 Å². The number of carboxylic acid groups (broad SMARTS) is 1. The van der Waals surface area contributed by atoms with Gasteiger partial charge in [-0.3, -0.25) is 0 Å². The standard InChI is InChI=1S/C13H14N2O4S2/c1-8-3-4-11(5-12(8)13(16)17)21(18,19)15-7-10-6-14-9(2)20-10/h3-6,15H,7H2,1-2H3,(H,16,17). The van der Waals surface area contributed by atoms with Crippen molar-refractivity contribution < 1.29 is 18.3 Å².